The zero-order valence-corrected chi connectivity index (χ0v) is 15.6. The lowest BCUT2D eigenvalue weighted by atomic mass is 10.1. The van der Waals surface area contributed by atoms with Crippen LogP contribution in [0.4, 0.5) is 0 Å². The normalized spacial score (nSPS) is 20.1. The number of hydrogen-bond donors (Lipinski definition) is 0. The molecule has 1 unspecified atom stereocenters. The Morgan fingerprint density at radius 3 is 2.79 bits per heavy atom. The summed E-state index contributed by atoms with van der Waals surface area (Å²) in [5.41, 5.74) is 2.16. The third-order valence-corrected chi connectivity index (χ3v) is 6.65. The average Bonchev–Trinajstić information content (AvgIpc) is 3.18. The molecule has 3 heterocycles. The molecule has 0 N–H and O–H groups in total. The fourth-order valence-corrected chi connectivity index (χ4v) is 5.09. The Kier molecular flexibility index (Phi) is 4.72. The number of nitrogens with zero attached hydrogens (tertiary/aromatic N) is 4. The van der Waals surface area contributed by atoms with E-state index in [0.29, 0.717) is 35.3 Å². The molecule has 24 heavy (non-hydrogen) atoms. The predicted molar refractivity (Wildman–Crippen MR) is 91.6 cm³/mol. The van der Waals surface area contributed by atoms with Crippen molar-refractivity contribution in [1.29, 1.82) is 0 Å². The maximum Gasteiger partial charge on any atom is 0.151 e. The quantitative estimate of drug-likeness (QED) is 0.798. The van der Waals surface area contributed by atoms with Crippen LogP contribution in [0.2, 0.25) is 5.15 Å². The number of hydrogen-bond acceptors (Lipinski definition) is 6. The van der Waals surface area contributed by atoms with Crippen LogP contribution in [0.3, 0.4) is 0 Å². The smallest absolute Gasteiger partial charge is 0.151 e. The lowest BCUT2D eigenvalue weighted by molar-refractivity contribution is 0.215. The van der Waals surface area contributed by atoms with Gasteiger partial charge in [-0.05, 0) is 19.9 Å². The van der Waals surface area contributed by atoms with Gasteiger partial charge in [0.25, 0.3) is 0 Å². The number of aromatic nitrogens is 3. The molecule has 0 bridgehead atoms. The van der Waals surface area contributed by atoms with Gasteiger partial charge < -0.3 is 4.52 Å². The fourth-order valence-electron chi connectivity index (χ4n) is 3.14. The van der Waals surface area contributed by atoms with Crippen molar-refractivity contribution in [3.63, 3.8) is 0 Å². The van der Waals surface area contributed by atoms with Gasteiger partial charge in [0.05, 0.1) is 11.5 Å². The summed E-state index contributed by atoms with van der Waals surface area (Å²) in [6.45, 7) is 5.12. The highest BCUT2D eigenvalue weighted by atomic mass is 35.5. The highest BCUT2D eigenvalue weighted by Gasteiger charge is 2.33. The summed E-state index contributed by atoms with van der Waals surface area (Å²) in [5, 5.41) is 9.02. The number of sulfone groups is 1. The van der Waals surface area contributed by atoms with Crippen LogP contribution in [0.5, 0.6) is 0 Å². The number of rotatable bonds is 5. The standard InChI is InChI=1S/C15H21ClN4O3S/c1-4-20(11-5-6-24(21,22)9-11)8-12-14(17-19(3)15(12)16)13-7-10(2)23-18-13/h7,11H,4-6,8-9H2,1-3H3. The monoisotopic (exact) mass is 372 g/mol. The van der Waals surface area contributed by atoms with Gasteiger partial charge in [-0.3, -0.25) is 9.58 Å². The summed E-state index contributed by atoms with van der Waals surface area (Å²) in [6, 6.07) is 1.83. The molecule has 1 fully saturated rings. The molecular formula is C15H21ClN4O3S. The van der Waals surface area contributed by atoms with Crippen molar-refractivity contribution in [3.05, 3.63) is 22.5 Å². The third kappa shape index (κ3) is 3.36. The van der Waals surface area contributed by atoms with Crippen LogP contribution < -0.4 is 0 Å². The molecule has 0 spiro atoms. The first-order valence-corrected chi connectivity index (χ1v) is 10.1. The van der Waals surface area contributed by atoms with Crippen molar-refractivity contribution in [2.75, 3.05) is 18.1 Å². The van der Waals surface area contributed by atoms with Crippen molar-refractivity contribution >= 4 is 21.4 Å². The average molecular weight is 373 g/mol. The summed E-state index contributed by atoms with van der Waals surface area (Å²) in [4.78, 5) is 2.14. The van der Waals surface area contributed by atoms with Gasteiger partial charge in [0.15, 0.2) is 9.84 Å². The van der Waals surface area contributed by atoms with Crippen molar-refractivity contribution in [3.8, 4) is 11.4 Å². The predicted octanol–water partition coefficient (Wildman–Crippen LogP) is 2.05. The van der Waals surface area contributed by atoms with Crippen molar-refractivity contribution in [1.82, 2.24) is 19.8 Å². The molecule has 0 saturated carbocycles. The highest BCUT2D eigenvalue weighted by Crippen LogP contribution is 2.30. The van der Waals surface area contributed by atoms with E-state index >= 15 is 0 Å². The second-order valence-corrected chi connectivity index (χ2v) is 8.77. The molecule has 132 valence electrons. The summed E-state index contributed by atoms with van der Waals surface area (Å²) in [7, 11) is -1.15. The van der Waals surface area contributed by atoms with E-state index in [2.05, 4.69) is 15.2 Å². The molecule has 1 saturated heterocycles. The molecule has 9 heteroatoms. The lowest BCUT2D eigenvalue weighted by Gasteiger charge is -2.26. The summed E-state index contributed by atoms with van der Waals surface area (Å²) in [5.74, 6) is 1.16. The maximum absolute atomic E-state index is 11.8. The van der Waals surface area contributed by atoms with Crippen molar-refractivity contribution in [2.45, 2.75) is 32.9 Å². The Morgan fingerprint density at radius 1 is 1.50 bits per heavy atom. The molecule has 2 aromatic heterocycles. The van der Waals surface area contributed by atoms with Crippen LogP contribution in [0.1, 0.15) is 24.7 Å². The minimum atomic E-state index is -2.93. The fraction of sp³-hybridized carbons (Fsp3) is 0.600. The van der Waals surface area contributed by atoms with Crippen LogP contribution in [0.25, 0.3) is 11.4 Å². The Bertz CT molecular complexity index is 843. The molecule has 1 atom stereocenters. The minimum Gasteiger partial charge on any atom is -0.361 e. The Hall–Kier alpha value is -1.38. The second-order valence-electron chi connectivity index (χ2n) is 6.18. The van der Waals surface area contributed by atoms with E-state index in [-0.39, 0.29) is 17.5 Å². The van der Waals surface area contributed by atoms with E-state index in [1.54, 1.807) is 11.7 Å². The highest BCUT2D eigenvalue weighted by molar-refractivity contribution is 7.91. The van der Waals surface area contributed by atoms with E-state index in [1.165, 1.54) is 0 Å². The molecule has 0 aliphatic carbocycles. The van der Waals surface area contributed by atoms with Crippen LogP contribution >= 0.6 is 11.6 Å². The molecular weight excluding hydrogens is 352 g/mol. The molecule has 0 amide bonds. The van der Waals surface area contributed by atoms with E-state index < -0.39 is 9.84 Å². The minimum absolute atomic E-state index is 0.0168. The summed E-state index contributed by atoms with van der Waals surface area (Å²) >= 11 is 6.43. The van der Waals surface area contributed by atoms with Crippen LogP contribution in [0, 0.1) is 6.92 Å². The molecule has 1 aliphatic rings. The summed E-state index contributed by atoms with van der Waals surface area (Å²) < 4.78 is 30.3. The first kappa shape index (κ1) is 17.4. The second kappa shape index (κ2) is 6.50. The molecule has 1 aliphatic heterocycles. The first-order chi connectivity index (χ1) is 11.3. The van der Waals surface area contributed by atoms with Gasteiger partial charge in [-0.25, -0.2) is 8.42 Å². The molecule has 0 aromatic carbocycles. The van der Waals surface area contributed by atoms with E-state index in [4.69, 9.17) is 16.1 Å². The molecule has 0 radical (unpaired) electrons. The van der Waals surface area contributed by atoms with Gasteiger partial charge in [0.1, 0.15) is 22.3 Å². The van der Waals surface area contributed by atoms with Crippen LogP contribution in [-0.2, 0) is 23.4 Å². The molecule has 3 rings (SSSR count). The molecule has 2 aromatic rings. The number of halogens is 1. The Labute approximate surface area is 146 Å². The third-order valence-electron chi connectivity index (χ3n) is 4.43. The van der Waals surface area contributed by atoms with E-state index in [1.807, 2.05) is 19.9 Å². The van der Waals surface area contributed by atoms with Crippen molar-refractivity contribution in [2.24, 2.45) is 7.05 Å². The zero-order chi connectivity index (χ0) is 17.5. The maximum atomic E-state index is 11.8. The first-order valence-electron chi connectivity index (χ1n) is 7.90. The lowest BCUT2D eigenvalue weighted by Crippen LogP contribution is -2.35. The zero-order valence-electron chi connectivity index (χ0n) is 14.0. The van der Waals surface area contributed by atoms with E-state index in [9.17, 15) is 8.42 Å². The topological polar surface area (TPSA) is 81.2 Å². The van der Waals surface area contributed by atoms with Gasteiger partial charge in [-0.2, -0.15) is 5.10 Å². The van der Waals surface area contributed by atoms with Gasteiger partial charge >= 0.3 is 0 Å². The van der Waals surface area contributed by atoms with Crippen molar-refractivity contribution < 1.29 is 12.9 Å². The van der Waals surface area contributed by atoms with Gasteiger partial charge in [0, 0.05) is 31.3 Å². The Balaban J connectivity index is 1.91. The SMILES string of the molecule is CCN(Cc1c(-c2cc(C)on2)nn(C)c1Cl)C1CCS(=O)(=O)C1. The van der Waals surface area contributed by atoms with Crippen LogP contribution in [-0.4, -0.2) is 52.3 Å². The van der Waals surface area contributed by atoms with Gasteiger partial charge in [-0.1, -0.05) is 23.7 Å². The van der Waals surface area contributed by atoms with Gasteiger partial charge in [-0.15, -0.1) is 0 Å². The molecule has 7 nitrogen and oxygen atoms in total. The summed E-state index contributed by atoms with van der Waals surface area (Å²) in [6.07, 6.45) is 0.659. The Morgan fingerprint density at radius 2 is 2.25 bits per heavy atom. The number of aryl methyl sites for hydroxylation is 2. The van der Waals surface area contributed by atoms with Gasteiger partial charge in [0.2, 0.25) is 0 Å². The van der Waals surface area contributed by atoms with Crippen LogP contribution in [0.15, 0.2) is 10.6 Å². The van der Waals surface area contributed by atoms with E-state index in [0.717, 1.165) is 12.1 Å². The largest absolute Gasteiger partial charge is 0.361 e.